The molecule has 0 aromatic heterocycles. The highest BCUT2D eigenvalue weighted by Crippen LogP contribution is 2.32. The van der Waals surface area contributed by atoms with Crippen LogP contribution in [0.2, 0.25) is 10.1 Å². The van der Waals surface area contributed by atoms with Gasteiger partial charge in [-0.25, -0.2) is 0 Å². The molecule has 0 bridgehead atoms. The summed E-state index contributed by atoms with van der Waals surface area (Å²) in [4.78, 5) is 2.52. The van der Waals surface area contributed by atoms with E-state index in [4.69, 9.17) is 14.6 Å². The number of nitrogen functional groups attached to an aromatic ring is 1. The van der Waals surface area contributed by atoms with E-state index >= 15 is 0 Å². The van der Waals surface area contributed by atoms with Crippen LogP contribution < -0.4 is 10.6 Å². The molecule has 0 amide bonds. The van der Waals surface area contributed by atoms with Gasteiger partial charge in [-0.15, -0.1) is 0 Å². The summed E-state index contributed by atoms with van der Waals surface area (Å²) in [6.07, 6.45) is 2.32. The van der Waals surface area contributed by atoms with Gasteiger partial charge in [0.05, 0.1) is 0 Å². The number of hydrogen-bond acceptors (Lipinski definition) is 4. The van der Waals surface area contributed by atoms with Crippen molar-refractivity contribution in [3.8, 4) is 0 Å². The van der Waals surface area contributed by atoms with Crippen LogP contribution in [0.25, 0.3) is 0 Å². The molecule has 0 unspecified atom stereocenters. The van der Waals surface area contributed by atoms with Crippen molar-refractivity contribution in [2.45, 2.75) is 64.5 Å². The van der Waals surface area contributed by atoms with Crippen molar-refractivity contribution >= 4 is 30.9 Å². The maximum absolute atomic E-state index is 5.88. The third-order valence-electron chi connectivity index (χ3n) is 4.77. The van der Waals surface area contributed by atoms with Gasteiger partial charge < -0.3 is 19.5 Å². The molecule has 0 spiro atoms. The fraction of sp³-hybridized carbons (Fsp3) is 0.700. The number of rotatable bonds is 13. The molecule has 1 rings (SSSR count). The number of anilines is 2. The molecule has 2 N–H and O–H groups in total. The molecule has 4 nitrogen and oxygen atoms in total. The van der Waals surface area contributed by atoms with Crippen molar-refractivity contribution in [2.24, 2.45) is 0 Å². The zero-order valence-corrected chi connectivity index (χ0v) is 20.6. The molecule has 6 heteroatoms. The molecule has 150 valence electrons. The van der Waals surface area contributed by atoms with E-state index in [-0.39, 0.29) is 0 Å². The predicted octanol–water partition coefficient (Wildman–Crippen LogP) is 3.49. The fourth-order valence-electron chi connectivity index (χ4n) is 2.83. The van der Waals surface area contributed by atoms with E-state index in [2.05, 4.69) is 58.6 Å². The summed E-state index contributed by atoms with van der Waals surface area (Å²) in [6.45, 7) is 17.4. The highest BCUT2D eigenvalue weighted by atomic mass is 28.2. The standard InChI is InChI=1S/C20H40N2O2Si2/c1-7-23-25-19(3,4)13-15-22(18-11-9-17(21)10-12-18)16-14-20(5,6)26-24-8-2/h9-12H,7-8,13-16,21,25-26H2,1-6H3. The quantitative estimate of drug-likeness (QED) is 0.409. The third-order valence-corrected chi connectivity index (χ3v) is 8.26. The molecule has 1 aromatic carbocycles. The average Bonchev–Trinajstić information content (AvgIpc) is 2.59. The van der Waals surface area contributed by atoms with Gasteiger partial charge in [-0.3, -0.25) is 0 Å². The number of hydrogen-bond donors (Lipinski definition) is 1. The van der Waals surface area contributed by atoms with E-state index in [9.17, 15) is 0 Å². The highest BCUT2D eigenvalue weighted by molar-refractivity contribution is 6.32. The molecular weight excluding hydrogens is 356 g/mol. The number of nitrogens with two attached hydrogens (primary N) is 1. The summed E-state index contributed by atoms with van der Waals surface area (Å²) >= 11 is 0. The minimum Gasteiger partial charge on any atom is -0.424 e. The first-order valence-electron chi connectivity index (χ1n) is 9.95. The van der Waals surface area contributed by atoms with Crippen molar-refractivity contribution < 1.29 is 8.85 Å². The Morgan fingerprint density at radius 2 is 1.27 bits per heavy atom. The SMILES string of the molecule is CCO[SiH2]C(C)(C)CCN(CCC(C)(C)[SiH2]OCC)c1ccc(N)cc1. The van der Waals surface area contributed by atoms with Gasteiger partial charge in [-0.1, -0.05) is 27.7 Å². The van der Waals surface area contributed by atoms with Crippen molar-refractivity contribution in [1.82, 2.24) is 0 Å². The molecule has 0 heterocycles. The van der Waals surface area contributed by atoms with Gasteiger partial charge >= 0.3 is 0 Å². The molecule has 0 saturated heterocycles. The van der Waals surface area contributed by atoms with Gasteiger partial charge in [0.15, 0.2) is 19.5 Å². The molecule has 0 radical (unpaired) electrons. The van der Waals surface area contributed by atoms with Crippen LogP contribution >= 0.6 is 0 Å². The fourth-order valence-corrected chi connectivity index (χ4v) is 4.95. The lowest BCUT2D eigenvalue weighted by Crippen LogP contribution is -2.32. The van der Waals surface area contributed by atoms with Crippen LogP contribution in [0.15, 0.2) is 24.3 Å². The van der Waals surface area contributed by atoms with E-state index in [0.717, 1.165) is 44.8 Å². The summed E-state index contributed by atoms with van der Waals surface area (Å²) < 4.78 is 11.6. The smallest absolute Gasteiger partial charge is 0.167 e. The summed E-state index contributed by atoms with van der Waals surface area (Å²) in [5, 5.41) is 0.634. The maximum atomic E-state index is 5.88. The van der Waals surface area contributed by atoms with Crippen LogP contribution in [-0.2, 0) is 8.85 Å². The van der Waals surface area contributed by atoms with E-state index < -0.39 is 19.5 Å². The zero-order chi connectivity index (χ0) is 19.6. The monoisotopic (exact) mass is 396 g/mol. The molecule has 0 fully saturated rings. The van der Waals surface area contributed by atoms with E-state index in [0.29, 0.717) is 10.1 Å². The van der Waals surface area contributed by atoms with Crippen LogP contribution in [0, 0.1) is 0 Å². The second-order valence-corrected chi connectivity index (χ2v) is 13.9. The van der Waals surface area contributed by atoms with Crippen molar-refractivity contribution in [2.75, 3.05) is 36.9 Å². The molecule has 0 aliphatic rings. The number of nitrogens with zero attached hydrogens (tertiary/aromatic N) is 1. The molecule has 0 aliphatic heterocycles. The van der Waals surface area contributed by atoms with Crippen LogP contribution in [0.3, 0.4) is 0 Å². The Balaban J connectivity index is 2.74. The second-order valence-electron chi connectivity index (χ2n) is 8.68. The highest BCUT2D eigenvalue weighted by Gasteiger charge is 2.23. The van der Waals surface area contributed by atoms with Crippen molar-refractivity contribution in [3.05, 3.63) is 24.3 Å². The second kappa shape index (κ2) is 11.1. The largest absolute Gasteiger partial charge is 0.424 e. The average molecular weight is 397 g/mol. The van der Waals surface area contributed by atoms with Gasteiger partial charge in [0.25, 0.3) is 0 Å². The van der Waals surface area contributed by atoms with Gasteiger partial charge in [-0.2, -0.15) is 0 Å². The Hall–Kier alpha value is -0.826. The first-order chi connectivity index (χ1) is 12.2. The number of benzene rings is 1. The van der Waals surface area contributed by atoms with Crippen LogP contribution in [-0.4, -0.2) is 45.8 Å². The molecule has 26 heavy (non-hydrogen) atoms. The zero-order valence-electron chi connectivity index (χ0n) is 17.8. The van der Waals surface area contributed by atoms with Gasteiger partial charge in [-0.05, 0) is 61.0 Å². The lowest BCUT2D eigenvalue weighted by Gasteiger charge is -2.33. The first-order valence-corrected chi connectivity index (χ1v) is 12.5. The van der Waals surface area contributed by atoms with Gasteiger partial charge in [0, 0.05) is 37.7 Å². The topological polar surface area (TPSA) is 47.7 Å². The Bertz CT molecular complexity index is 483. The summed E-state index contributed by atoms with van der Waals surface area (Å²) in [5.74, 6) is 0. The Morgan fingerprint density at radius 1 is 0.846 bits per heavy atom. The Labute approximate surface area is 165 Å². The Kier molecular flexibility index (Phi) is 9.92. The van der Waals surface area contributed by atoms with E-state index in [1.54, 1.807) is 0 Å². The summed E-state index contributed by atoms with van der Waals surface area (Å²) in [5.41, 5.74) is 7.97. The van der Waals surface area contributed by atoms with E-state index in [1.807, 2.05) is 12.1 Å². The summed E-state index contributed by atoms with van der Waals surface area (Å²) in [6, 6.07) is 8.30. The van der Waals surface area contributed by atoms with E-state index in [1.165, 1.54) is 5.69 Å². The predicted molar refractivity (Wildman–Crippen MR) is 121 cm³/mol. The van der Waals surface area contributed by atoms with Crippen molar-refractivity contribution in [3.63, 3.8) is 0 Å². The van der Waals surface area contributed by atoms with Gasteiger partial charge in [0.2, 0.25) is 0 Å². The third kappa shape index (κ3) is 9.21. The molecule has 0 saturated carbocycles. The van der Waals surface area contributed by atoms with Crippen LogP contribution in [0.4, 0.5) is 11.4 Å². The summed E-state index contributed by atoms with van der Waals surface area (Å²) in [7, 11) is -1.00. The van der Waals surface area contributed by atoms with Gasteiger partial charge in [0.1, 0.15) is 0 Å². The molecule has 1 aromatic rings. The molecule has 0 atom stereocenters. The minimum absolute atomic E-state index is 0.317. The first kappa shape index (κ1) is 23.2. The normalized spacial score (nSPS) is 13.3. The lowest BCUT2D eigenvalue weighted by atomic mass is 10.1. The molecule has 0 aliphatic carbocycles. The van der Waals surface area contributed by atoms with Crippen LogP contribution in [0.1, 0.15) is 54.4 Å². The van der Waals surface area contributed by atoms with Crippen molar-refractivity contribution in [1.29, 1.82) is 0 Å². The Morgan fingerprint density at radius 3 is 1.65 bits per heavy atom. The maximum Gasteiger partial charge on any atom is 0.167 e. The minimum atomic E-state index is -0.502. The van der Waals surface area contributed by atoms with Crippen LogP contribution in [0.5, 0.6) is 0 Å². The molecular formula is C20H40N2O2Si2. The lowest BCUT2D eigenvalue weighted by molar-refractivity contribution is 0.333.